The van der Waals surface area contributed by atoms with E-state index in [2.05, 4.69) is 20.8 Å². The van der Waals surface area contributed by atoms with Gasteiger partial charge in [0.2, 0.25) is 11.8 Å². The van der Waals surface area contributed by atoms with E-state index in [1.807, 2.05) is 11.5 Å². The second kappa shape index (κ2) is 5.61. The lowest BCUT2D eigenvalue weighted by molar-refractivity contribution is -0.129. The highest BCUT2D eigenvalue weighted by atomic mass is 16.2. The van der Waals surface area contributed by atoms with Gasteiger partial charge in [0.05, 0.1) is 12.5 Å². The van der Waals surface area contributed by atoms with Crippen LogP contribution in [0.1, 0.15) is 25.6 Å². The highest BCUT2D eigenvalue weighted by molar-refractivity contribution is 5.83. The first-order valence-corrected chi connectivity index (χ1v) is 6.11. The van der Waals surface area contributed by atoms with Crippen LogP contribution in [0.3, 0.4) is 0 Å². The molecule has 1 aliphatic heterocycles. The third kappa shape index (κ3) is 2.85. The third-order valence-corrected chi connectivity index (χ3v) is 3.09. The number of piperidine rings is 1. The Bertz CT molecular complexity index is 432. The molecule has 0 spiro atoms. The molecule has 1 atom stereocenters. The number of carbonyl (C=O) groups is 2. The maximum atomic E-state index is 11.9. The molecule has 18 heavy (non-hydrogen) atoms. The minimum atomic E-state index is -0.138. The summed E-state index contributed by atoms with van der Waals surface area (Å²) < 4.78 is 1.88. The summed E-state index contributed by atoms with van der Waals surface area (Å²) in [6.07, 6.45) is 2.67. The van der Waals surface area contributed by atoms with Crippen LogP contribution in [0.2, 0.25) is 0 Å². The van der Waals surface area contributed by atoms with Gasteiger partial charge < -0.3 is 15.2 Å². The number of aryl methyl sites for hydroxylation is 1. The van der Waals surface area contributed by atoms with Gasteiger partial charge in [-0.05, 0) is 13.3 Å². The van der Waals surface area contributed by atoms with E-state index in [1.54, 1.807) is 6.33 Å². The summed E-state index contributed by atoms with van der Waals surface area (Å²) in [6.45, 7) is 3.56. The molecule has 1 fully saturated rings. The van der Waals surface area contributed by atoms with Crippen molar-refractivity contribution in [3.8, 4) is 0 Å². The Morgan fingerprint density at radius 1 is 1.67 bits per heavy atom. The fourth-order valence-corrected chi connectivity index (χ4v) is 1.95. The van der Waals surface area contributed by atoms with Gasteiger partial charge in [-0.3, -0.25) is 9.59 Å². The SMILES string of the molecule is CCn1cnnc1CNC(=O)C1CCC(=O)NC1. The zero-order chi connectivity index (χ0) is 13.0. The Labute approximate surface area is 105 Å². The standard InChI is InChI=1S/C11H17N5O2/c1-2-16-7-14-15-9(16)6-13-11(18)8-3-4-10(17)12-5-8/h7-8H,2-6H2,1H3,(H,12,17)(H,13,18). The summed E-state index contributed by atoms with van der Waals surface area (Å²) in [5, 5.41) is 13.3. The molecule has 1 aromatic rings. The second-order valence-electron chi connectivity index (χ2n) is 4.29. The van der Waals surface area contributed by atoms with Crippen molar-refractivity contribution in [2.75, 3.05) is 6.54 Å². The first-order valence-electron chi connectivity index (χ1n) is 6.11. The summed E-state index contributed by atoms with van der Waals surface area (Å²) in [5.74, 6) is 0.580. The van der Waals surface area contributed by atoms with Crippen LogP contribution in [0, 0.1) is 5.92 Å². The summed E-state index contributed by atoms with van der Waals surface area (Å²) >= 11 is 0. The molecule has 0 aromatic carbocycles. The van der Waals surface area contributed by atoms with Crippen molar-refractivity contribution in [2.45, 2.75) is 32.9 Å². The van der Waals surface area contributed by atoms with Gasteiger partial charge in [-0.25, -0.2) is 0 Å². The van der Waals surface area contributed by atoms with Gasteiger partial charge in [-0.2, -0.15) is 0 Å². The lowest BCUT2D eigenvalue weighted by atomic mass is 9.98. The maximum Gasteiger partial charge on any atom is 0.225 e. The van der Waals surface area contributed by atoms with Crippen molar-refractivity contribution < 1.29 is 9.59 Å². The first-order chi connectivity index (χ1) is 8.70. The molecule has 2 heterocycles. The smallest absolute Gasteiger partial charge is 0.225 e. The Balaban J connectivity index is 1.83. The zero-order valence-corrected chi connectivity index (χ0v) is 10.3. The van der Waals surface area contributed by atoms with E-state index in [0.717, 1.165) is 12.4 Å². The van der Waals surface area contributed by atoms with E-state index in [0.29, 0.717) is 25.9 Å². The number of nitrogens with one attached hydrogen (secondary N) is 2. The van der Waals surface area contributed by atoms with E-state index < -0.39 is 0 Å². The molecule has 98 valence electrons. The number of rotatable bonds is 4. The molecule has 1 aromatic heterocycles. The molecule has 1 aliphatic rings. The third-order valence-electron chi connectivity index (χ3n) is 3.09. The minimum Gasteiger partial charge on any atom is -0.355 e. The van der Waals surface area contributed by atoms with Crippen LogP contribution in [0.15, 0.2) is 6.33 Å². The van der Waals surface area contributed by atoms with Crippen molar-refractivity contribution in [3.63, 3.8) is 0 Å². The van der Waals surface area contributed by atoms with Crippen LogP contribution in [0.4, 0.5) is 0 Å². The van der Waals surface area contributed by atoms with Crippen LogP contribution in [0.5, 0.6) is 0 Å². The largest absolute Gasteiger partial charge is 0.355 e. The van der Waals surface area contributed by atoms with Crippen LogP contribution in [-0.4, -0.2) is 33.1 Å². The van der Waals surface area contributed by atoms with E-state index in [-0.39, 0.29) is 17.7 Å². The molecular formula is C11H17N5O2. The first kappa shape index (κ1) is 12.5. The molecule has 0 radical (unpaired) electrons. The van der Waals surface area contributed by atoms with Crippen molar-refractivity contribution in [1.82, 2.24) is 25.4 Å². The quantitative estimate of drug-likeness (QED) is 0.750. The number of carbonyl (C=O) groups excluding carboxylic acids is 2. The molecule has 0 bridgehead atoms. The molecular weight excluding hydrogens is 234 g/mol. The predicted octanol–water partition coefficient (Wildman–Crippen LogP) is -0.560. The van der Waals surface area contributed by atoms with Crippen molar-refractivity contribution in [2.24, 2.45) is 5.92 Å². The fraction of sp³-hybridized carbons (Fsp3) is 0.636. The monoisotopic (exact) mass is 251 g/mol. The van der Waals surface area contributed by atoms with Crippen molar-refractivity contribution in [3.05, 3.63) is 12.2 Å². The van der Waals surface area contributed by atoms with Crippen molar-refractivity contribution in [1.29, 1.82) is 0 Å². The van der Waals surface area contributed by atoms with Gasteiger partial charge in [-0.15, -0.1) is 10.2 Å². The van der Waals surface area contributed by atoms with Gasteiger partial charge in [0.15, 0.2) is 5.82 Å². The minimum absolute atomic E-state index is 0.0183. The fourth-order valence-electron chi connectivity index (χ4n) is 1.95. The number of aromatic nitrogens is 3. The molecule has 7 heteroatoms. The maximum absolute atomic E-state index is 11.9. The number of amides is 2. The summed E-state index contributed by atoms with van der Waals surface area (Å²) in [5.41, 5.74) is 0. The average Bonchev–Trinajstić information content (AvgIpc) is 2.84. The van der Waals surface area contributed by atoms with E-state index >= 15 is 0 Å². The lowest BCUT2D eigenvalue weighted by Crippen LogP contribution is -2.42. The van der Waals surface area contributed by atoms with Crippen LogP contribution >= 0.6 is 0 Å². The second-order valence-corrected chi connectivity index (χ2v) is 4.29. The number of nitrogens with zero attached hydrogens (tertiary/aromatic N) is 3. The Hall–Kier alpha value is -1.92. The molecule has 0 aliphatic carbocycles. The molecule has 1 unspecified atom stereocenters. The number of hydrogen-bond acceptors (Lipinski definition) is 4. The van der Waals surface area contributed by atoms with Gasteiger partial charge in [0.25, 0.3) is 0 Å². The van der Waals surface area contributed by atoms with Gasteiger partial charge in [0, 0.05) is 19.5 Å². The van der Waals surface area contributed by atoms with Crippen LogP contribution < -0.4 is 10.6 Å². The summed E-state index contributed by atoms with van der Waals surface area (Å²) in [6, 6.07) is 0. The van der Waals surface area contributed by atoms with Gasteiger partial charge >= 0.3 is 0 Å². The normalized spacial score (nSPS) is 19.4. The van der Waals surface area contributed by atoms with E-state index in [9.17, 15) is 9.59 Å². The topological polar surface area (TPSA) is 88.9 Å². The van der Waals surface area contributed by atoms with E-state index in [4.69, 9.17) is 0 Å². The Kier molecular flexibility index (Phi) is 3.91. The average molecular weight is 251 g/mol. The molecule has 7 nitrogen and oxygen atoms in total. The van der Waals surface area contributed by atoms with Crippen LogP contribution in [0.25, 0.3) is 0 Å². The summed E-state index contributed by atoms with van der Waals surface area (Å²) in [7, 11) is 0. The van der Waals surface area contributed by atoms with Gasteiger partial charge in [-0.1, -0.05) is 0 Å². The number of hydrogen-bond donors (Lipinski definition) is 2. The Morgan fingerprint density at radius 3 is 3.17 bits per heavy atom. The Morgan fingerprint density at radius 2 is 2.50 bits per heavy atom. The highest BCUT2D eigenvalue weighted by Crippen LogP contribution is 2.10. The van der Waals surface area contributed by atoms with Gasteiger partial charge in [0.1, 0.15) is 6.33 Å². The molecule has 1 saturated heterocycles. The van der Waals surface area contributed by atoms with Crippen LogP contribution in [-0.2, 0) is 22.7 Å². The highest BCUT2D eigenvalue weighted by Gasteiger charge is 2.24. The molecule has 2 amide bonds. The summed E-state index contributed by atoms with van der Waals surface area (Å²) in [4.78, 5) is 22.9. The van der Waals surface area contributed by atoms with E-state index in [1.165, 1.54) is 0 Å². The predicted molar refractivity (Wildman–Crippen MR) is 63.3 cm³/mol. The molecule has 0 saturated carbocycles. The molecule has 2 rings (SSSR count). The zero-order valence-electron chi connectivity index (χ0n) is 10.3. The van der Waals surface area contributed by atoms with Crippen molar-refractivity contribution >= 4 is 11.8 Å². The molecule has 2 N–H and O–H groups in total. The lowest BCUT2D eigenvalue weighted by Gasteiger charge is -2.21.